The predicted octanol–water partition coefficient (Wildman–Crippen LogP) is 1.66. The van der Waals surface area contributed by atoms with Gasteiger partial charge in [-0.25, -0.2) is 0 Å². The summed E-state index contributed by atoms with van der Waals surface area (Å²) in [5.74, 6) is 0.466. The lowest BCUT2D eigenvalue weighted by molar-refractivity contribution is 0.0763. The molecule has 0 unspecified atom stereocenters. The zero-order valence-corrected chi connectivity index (χ0v) is 11.1. The maximum Gasteiger partial charge on any atom is 0.257 e. The van der Waals surface area contributed by atoms with Crippen molar-refractivity contribution in [3.05, 3.63) is 17.5 Å². The van der Waals surface area contributed by atoms with Crippen molar-refractivity contribution in [1.82, 2.24) is 15.1 Å². The van der Waals surface area contributed by atoms with Crippen LogP contribution in [0.5, 0.6) is 0 Å². The van der Waals surface area contributed by atoms with Crippen molar-refractivity contribution >= 4 is 5.91 Å². The van der Waals surface area contributed by atoms with E-state index in [4.69, 9.17) is 0 Å². The third-order valence-electron chi connectivity index (χ3n) is 4.36. The van der Waals surface area contributed by atoms with Gasteiger partial charge in [-0.3, -0.25) is 9.89 Å². The van der Waals surface area contributed by atoms with Gasteiger partial charge < -0.3 is 10.0 Å². The molecular formula is C14H21N3O2. The molecule has 104 valence electrons. The van der Waals surface area contributed by atoms with Crippen LogP contribution in [0.2, 0.25) is 0 Å². The number of likely N-dealkylation sites (tertiary alicyclic amines) is 1. The number of aromatic nitrogens is 2. The first-order valence-electron chi connectivity index (χ1n) is 7.26. The van der Waals surface area contributed by atoms with E-state index in [1.165, 1.54) is 19.3 Å². The summed E-state index contributed by atoms with van der Waals surface area (Å²) in [5, 5.41) is 16.7. The van der Waals surface area contributed by atoms with Gasteiger partial charge in [0.2, 0.25) is 0 Å². The van der Waals surface area contributed by atoms with Crippen LogP contribution in [0.1, 0.15) is 60.5 Å². The van der Waals surface area contributed by atoms with Crippen LogP contribution >= 0.6 is 0 Å². The molecule has 1 aliphatic heterocycles. The van der Waals surface area contributed by atoms with Gasteiger partial charge in [0.15, 0.2) is 0 Å². The van der Waals surface area contributed by atoms with E-state index < -0.39 is 0 Å². The van der Waals surface area contributed by atoms with Crippen molar-refractivity contribution in [2.75, 3.05) is 13.1 Å². The first-order valence-corrected chi connectivity index (χ1v) is 7.26. The summed E-state index contributed by atoms with van der Waals surface area (Å²) in [5.41, 5.74) is 1.71. The number of amides is 1. The van der Waals surface area contributed by atoms with E-state index in [0.29, 0.717) is 31.0 Å². The van der Waals surface area contributed by atoms with E-state index in [0.717, 1.165) is 18.5 Å². The number of hydrogen-bond donors (Lipinski definition) is 2. The van der Waals surface area contributed by atoms with E-state index in [-0.39, 0.29) is 12.0 Å². The minimum absolute atomic E-state index is 0.0193. The number of rotatable bonds is 2. The van der Waals surface area contributed by atoms with Gasteiger partial charge in [-0.1, -0.05) is 19.3 Å². The van der Waals surface area contributed by atoms with E-state index in [9.17, 15) is 9.90 Å². The Kier molecular flexibility index (Phi) is 3.55. The summed E-state index contributed by atoms with van der Waals surface area (Å²) in [6, 6.07) is 0. The highest BCUT2D eigenvalue weighted by Gasteiger charge is 2.30. The second-order valence-corrected chi connectivity index (χ2v) is 5.73. The number of aliphatic hydroxyl groups excluding tert-OH is 1. The lowest BCUT2D eigenvalue weighted by atomic mass is 9.85. The molecule has 2 aliphatic rings. The number of nitrogens with one attached hydrogen (secondary N) is 1. The van der Waals surface area contributed by atoms with Crippen molar-refractivity contribution in [1.29, 1.82) is 0 Å². The molecule has 0 spiro atoms. The summed E-state index contributed by atoms with van der Waals surface area (Å²) in [7, 11) is 0. The largest absolute Gasteiger partial charge is 0.391 e. The van der Waals surface area contributed by atoms with Crippen molar-refractivity contribution in [3.63, 3.8) is 0 Å². The lowest BCUT2D eigenvalue weighted by Gasteiger charge is -2.22. The average molecular weight is 263 g/mol. The molecule has 1 atom stereocenters. The molecule has 5 heteroatoms. The molecule has 1 aliphatic carbocycles. The fourth-order valence-electron chi connectivity index (χ4n) is 3.27. The Balaban J connectivity index is 1.77. The number of β-amino-alcohol motifs (C(OH)–C–C–N with tert-alkyl or cyclic N) is 1. The molecule has 0 radical (unpaired) electrons. The maximum absolute atomic E-state index is 12.5. The van der Waals surface area contributed by atoms with E-state index in [1.807, 2.05) is 0 Å². The van der Waals surface area contributed by atoms with Crippen LogP contribution in [0.25, 0.3) is 0 Å². The SMILES string of the molecule is O=C(c1cn[nH]c1C1CCCCC1)N1CC[C@H](O)C1. The van der Waals surface area contributed by atoms with Gasteiger partial charge in [0.1, 0.15) is 0 Å². The summed E-state index contributed by atoms with van der Waals surface area (Å²) >= 11 is 0. The van der Waals surface area contributed by atoms with Crippen molar-refractivity contribution in [3.8, 4) is 0 Å². The number of nitrogens with zero attached hydrogens (tertiary/aromatic N) is 2. The highest BCUT2D eigenvalue weighted by molar-refractivity contribution is 5.95. The number of carbonyl (C=O) groups is 1. The van der Waals surface area contributed by atoms with Crippen molar-refractivity contribution in [2.24, 2.45) is 0 Å². The van der Waals surface area contributed by atoms with Crippen LogP contribution in [0, 0.1) is 0 Å². The zero-order chi connectivity index (χ0) is 13.2. The highest BCUT2D eigenvalue weighted by Crippen LogP contribution is 2.33. The molecule has 1 aromatic rings. The molecule has 0 bridgehead atoms. The topological polar surface area (TPSA) is 69.2 Å². The minimum atomic E-state index is -0.367. The van der Waals surface area contributed by atoms with Gasteiger partial charge in [-0.05, 0) is 19.3 Å². The quantitative estimate of drug-likeness (QED) is 0.852. The van der Waals surface area contributed by atoms with Crippen molar-refractivity contribution in [2.45, 2.75) is 50.5 Å². The van der Waals surface area contributed by atoms with Gasteiger partial charge in [0.05, 0.1) is 23.6 Å². The summed E-state index contributed by atoms with van der Waals surface area (Å²) in [6.45, 7) is 1.10. The molecular weight excluding hydrogens is 242 g/mol. The minimum Gasteiger partial charge on any atom is -0.391 e. The van der Waals surface area contributed by atoms with E-state index in [2.05, 4.69) is 10.2 Å². The summed E-state index contributed by atoms with van der Waals surface area (Å²) < 4.78 is 0. The van der Waals surface area contributed by atoms with Gasteiger partial charge >= 0.3 is 0 Å². The van der Waals surface area contributed by atoms with Gasteiger partial charge in [-0.2, -0.15) is 5.10 Å². The zero-order valence-electron chi connectivity index (χ0n) is 11.1. The Morgan fingerprint density at radius 3 is 2.79 bits per heavy atom. The third-order valence-corrected chi connectivity index (χ3v) is 4.36. The molecule has 1 amide bonds. The smallest absolute Gasteiger partial charge is 0.257 e. The predicted molar refractivity (Wildman–Crippen MR) is 70.9 cm³/mol. The monoisotopic (exact) mass is 263 g/mol. The molecule has 0 aromatic carbocycles. The van der Waals surface area contributed by atoms with Crippen LogP contribution in [-0.2, 0) is 0 Å². The number of hydrogen-bond acceptors (Lipinski definition) is 3. The van der Waals surface area contributed by atoms with Crippen LogP contribution < -0.4 is 0 Å². The third kappa shape index (κ3) is 2.52. The van der Waals surface area contributed by atoms with Gasteiger partial charge in [0.25, 0.3) is 5.91 Å². The second-order valence-electron chi connectivity index (χ2n) is 5.73. The first kappa shape index (κ1) is 12.7. The van der Waals surface area contributed by atoms with Gasteiger partial charge in [-0.15, -0.1) is 0 Å². The van der Waals surface area contributed by atoms with Gasteiger partial charge in [0, 0.05) is 19.0 Å². The Hall–Kier alpha value is -1.36. The van der Waals surface area contributed by atoms with E-state index >= 15 is 0 Å². The fraction of sp³-hybridized carbons (Fsp3) is 0.714. The average Bonchev–Trinajstić information content (AvgIpc) is 3.07. The van der Waals surface area contributed by atoms with Crippen LogP contribution in [0.3, 0.4) is 0 Å². The molecule has 3 rings (SSSR count). The molecule has 5 nitrogen and oxygen atoms in total. The normalized spacial score (nSPS) is 24.9. The number of aromatic amines is 1. The molecule has 2 N–H and O–H groups in total. The Morgan fingerprint density at radius 1 is 1.32 bits per heavy atom. The Bertz CT molecular complexity index is 451. The van der Waals surface area contributed by atoms with Crippen LogP contribution in [0.4, 0.5) is 0 Å². The highest BCUT2D eigenvalue weighted by atomic mass is 16.3. The Labute approximate surface area is 113 Å². The molecule has 1 saturated heterocycles. The Morgan fingerprint density at radius 2 is 2.11 bits per heavy atom. The number of aliphatic hydroxyl groups is 1. The maximum atomic E-state index is 12.5. The van der Waals surface area contributed by atoms with Crippen LogP contribution in [0.15, 0.2) is 6.20 Å². The van der Waals surface area contributed by atoms with Crippen LogP contribution in [-0.4, -0.2) is 45.3 Å². The molecule has 1 saturated carbocycles. The molecule has 2 heterocycles. The van der Waals surface area contributed by atoms with Crippen molar-refractivity contribution < 1.29 is 9.90 Å². The van der Waals surface area contributed by atoms with E-state index in [1.54, 1.807) is 11.1 Å². The number of carbonyl (C=O) groups excluding carboxylic acids is 1. The first-order chi connectivity index (χ1) is 9.25. The summed E-state index contributed by atoms with van der Waals surface area (Å²) in [6.07, 6.45) is 8.02. The standard InChI is InChI=1S/C14H21N3O2/c18-11-6-7-17(9-11)14(19)12-8-15-16-13(12)10-4-2-1-3-5-10/h8,10-11,18H,1-7,9H2,(H,15,16)/t11-/m0/s1. The molecule has 19 heavy (non-hydrogen) atoms. The lowest BCUT2D eigenvalue weighted by Crippen LogP contribution is -2.30. The molecule has 2 fully saturated rings. The number of H-pyrrole nitrogens is 1. The summed E-state index contributed by atoms with van der Waals surface area (Å²) in [4.78, 5) is 14.2. The molecule has 1 aromatic heterocycles. The second kappa shape index (κ2) is 5.33. The fourth-order valence-corrected chi connectivity index (χ4v) is 3.27.